The van der Waals surface area contributed by atoms with Crippen molar-refractivity contribution in [3.8, 4) is 11.5 Å². The van der Waals surface area contributed by atoms with Crippen LogP contribution in [0.1, 0.15) is 0 Å². The molecule has 22 heavy (non-hydrogen) atoms. The maximum atomic E-state index is 10.8. The highest BCUT2D eigenvalue weighted by atomic mass is 16.6. The number of rotatable bonds is 4. The van der Waals surface area contributed by atoms with E-state index in [2.05, 4.69) is 15.0 Å². The molecule has 8 heteroatoms. The van der Waals surface area contributed by atoms with Gasteiger partial charge in [0.15, 0.2) is 23.4 Å². The van der Waals surface area contributed by atoms with Crippen molar-refractivity contribution in [2.45, 2.75) is 6.10 Å². The number of nitrogens with one attached hydrogen (secondary N) is 1. The van der Waals surface area contributed by atoms with E-state index in [1.54, 1.807) is 13.2 Å². The number of anilines is 1. The maximum Gasteiger partial charge on any atom is 0.407 e. The standard InChI is InChI=1S/C11H13NO4.C3H4N2O/c1-14-9-4-2-3-5-10(9)15-7-8-6-12-11(13)16-8;4-3-1-2-6-5-3/h2-5,8H,6-7H2,1H3,(H,12,13);1-2H,(H2,4,5). The van der Waals surface area contributed by atoms with Gasteiger partial charge in [-0.2, -0.15) is 0 Å². The average Bonchev–Trinajstić information content (AvgIpc) is 3.17. The van der Waals surface area contributed by atoms with Gasteiger partial charge in [-0.1, -0.05) is 17.3 Å². The van der Waals surface area contributed by atoms with E-state index in [0.29, 0.717) is 30.5 Å². The van der Waals surface area contributed by atoms with Crippen LogP contribution in [-0.4, -0.2) is 37.6 Å². The van der Waals surface area contributed by atoms with E-state index in [-0.39, 0.29) is 6.10 Å². The Bertz CT molecular complexity index is 588. The Labute approximate surface area is 127 Å². The van der Waals surface area contributed by atoms with Crippen LogP contribution in [0.4, 0.5) is 10.6 Å². The van der Waals surface area contributed by atoms with Crippen LogP contribution in [0.25, 0.3) is 0 Å². The SMILES string of the molecule is COc1ccccc1OCC1CNC(=O)O1.Nc1ccon1. The quantitative estimate of drug-likeness (QED) is 0.879. The van der Waals surface area contributed by atoms with Crippen molar-refractivity contribution in [1.29, 1.82) is 0 Å². The smallest absolute Gasteiger partial charge is 0.407 e. The molecule has 2 heterocycles. The largest absolute Gasteiger partial charge is 0.493 e. The second-order valence-corrected chi connectivity index (χ2v) is 4.29. The summed E-state index contributed by atoms with van der Waals surface area (Å²) >= 11 is 0. The van der Waals surface area contributed by atoms with E-state index in [4.69, 9.17) is 19.9 Å². The van der Waals surface area contributed by atoms with Crippen molar-refractivity contribution in [2.75, 3.05) is 26.0 Å². The third-order valence-electron chi connectivity index (χ3n) is 2.70. The van der Waals surface area contributed by atoms with Gasteiger partial charge in [0.05, 0.1) is 13.7 Å². The molecule has 0 radical (unpaired) electrons. The zero-order chi connectivity index (χ0) is 15.8. The molecule has 1 atom stereocenters. The summed E-state index contributed by atoms with van der Waals surface area (Å²) in [5.74, 6) is 1.74. The number of ether oxygens (including phenoxy) is 3. The summed E-state index contributed by atoms with van der Waals surface area (Å²) in [5, 5.41) is 5.88. The lowest BCUT2D eigenvalue weighted by atomic mass is 10.3. The number of nitrogens with two attached hydrogens (primary N) is 1. The molecule has 1 fully saturated rings. The van der Waals surface area contributed by atoms with Crippen LogP contribution >= 0.6 is 0 Å². The highest BCUT2D eigenvalue weighted by Gasteiger charge is 2.23. The number of methoxy groups -OCH3 is 1. The summed E-state index contributed by atoms with van der Waals surface area (Å²) in [6.45, 7) is 0.799. The van der Waals surface area contributed by atoms with Crippen molar-refractivity contribution in [3.63, 3.8) is 0 Å². The Morgan fingerprint density at radius 2 is 2.14 bits per heavy atom. The van der Waals surface area contributed by atoms with Crippen molar-refractivity contribution >= 4 is 11.9 Å². The molecule has 1 amide bonds. The molecule has 118 valence electrons. The summed E-state index contributed by atoms with van der Waals surface area (Å²) in [7, 11) is 1.58. The normalized spacial score (nSPS) is 16.0. The number of nitrogen functional groups attached to an aromatic ring is 1. The van der Waals surface area contributed by atoms with Gasteiger partial charge in [-0.25, -0.2) is 4.79 Å². The monoisotopic (exact) mass is 307 g/mol. The van der Waals surface area contributed by atoms with E-state index < -0.39 is 6.09 Å². The number of benzene rings is 1. The molecular formula is C14H17N3O5. The van der Waals surface area contributed by atoms with Crippen LogP contribution in [-0.2, 0) is 4.74 Å². The fourth-order valence-corrected chi connectivity index (χ4v) is 1.67. The summed E-state index contributed by atoms with van der Waals surface area (Å²) in [6.07, 6.45) is 0.793. The maximum absolute atomic E-state index is 10.8. The predicted octanol–water partition coefficient (Wildman–Crippen LogP) is 1.44. The third-order valence-corrected chi connectivity index (χ3v) is 2.70. The topological polar surface area (TPSA) is 109 Å². The number of nitrogens with zero attached hydrogens (tertiary/aromatic N) is 1. The molecule has 1 aliphatic heterocycles. The van der Waals surface area contributed by atoms with Gasteiger partial charge in [0.25, 0.3) is 0 Å². The summed E-state index contributed by atoms with van der Waals surface area (Å²) < 4.78 is 19.9. The highest BCUT2D eigenvalue weighted by molar-refractivity contribution is 5.69. The Kier molecular flexibility index (Phi) is 5.47. The zero-order valence-electron chi connectivity index (χ0n) is 12.0. The first-order valence-corrected chi connectivity index (χ1v) is 6.55. The summed E-state index contributed by atoms with van der Waals surface area (Å²) in [5.41, 5.74) is 5.07. The number of cyclic esters (lactones) is 1. The molecule has 0 aliphatic carbocycles. The third kappa shape index (κ3) is 4.58. The Morgan fingerprint density at radius 3 is 2.64 bits per heavy atom. The van der Waals surface area contributed by atoms with Crippen LogP contribution in [0.2, 0.25) is 0 Å². The molecular weight excluding hydrogens is 290 g/mol. The number of carbonyl (C=O) groups excluding carboxylic acids is 1. The van der Waals surface area contributed by atoms with Crippen molar-refractivity contribution in [3.05, 3.63) is 36.6 Å². The Morgan fingerprint density at radius 1 is 1.36 bits per heavy atom. The lowest BCUT2D eigenvalue weighted by Crippen LogP contribution is -2.22. The minimum Gasteiger partial charge on any atom is -0.493 e. The molecule has 3 rings (SSSR count). The number of hydrogen-bond donors (Lipinski definition) is 2. The molecule has 0 saturated carbocycles. The lowest BCUT2D eigenvalue weighted by molar-refractivity contribution is 0.103. The van der Waals surface area contributed by atoms with Crippen LogP contribution in [0.5, 0.6) is 11.5 Å². The fourth-order valence-electron chi connectivity index (χ4n) is 1.67. The highest BCUT2D eigenvalue weighted by Crippen LogP contribution is 2.26. The van der Waals surface area contributed by atoms with Gasteiger partial charge in [0.2, 0.25) is 0 Å². The molecule has 1 unspecified atom stereocenters. The van der Waals surface area contributed by atoms with E-state index in [9.17, 15) is 4.79 Å². The number of para-hydroxylation sites is 2. The minimum absolute atomic E-state index is 0.239. The molecule has 0 bridgehead atoms. The average molecular weight is 307 g/mol. The molecule has 3 N–H and O–H groups in total. The zero-order valence-corrected chi connectivity index (χ0v) is 12.0. The second-order valence-electron chi connectivity index (χ2n) is 4.29. The second kappa shape index (κ2) is 7.77. The number of amides is 1. The predicted molar refractivity (Wildman–Crippen MR) is 77.7 cm³/mol. The summed E-state index contributed by atoms with van der Waals surface area (Å²) in [4.78, 5) is 10.8. The van der Waals surface area contributed by atoms with Gasteiger partial charge in [-0.3, -0.25) is 0 Å². The van der Waals surface area contributed by atoms with Crippen LogP contribution in [0, 0.1) is 0 Å². The lowest BCUT2D eigenvalue weighted by Gasteiger charge is -2.12. The first-order valence-electron chi connectivity index (χ1n) is 6.55. The molecule has 1 aromatic heterocycles. The van der Waals surface area contributed by atoms with Gasteiger partial charge < -0.3 is 29.8 Å². The minimum atomic E-state index is -0.395. The van der Waals surface area contributed by atoms with Crippen LogP contribution in [0.3, 0.4) is 0 Å². The first-order chi connectivity index (χ1) is 10.7. The number of alkyl carbamates (subject to hydrolysis) is 1. The molecule has 0 spiro atoms. The van der Waals surface area contributed by atoms with E-state index >= 15 is 0 Å². The van der Waals surface area contributed by atoms with Gasteiger partial charge in [-0.05, 0) is 12.1 Å². The van der Waals surface area contributed by atoms with E-state index in [1.807, 2.05) is 24.3 Å². The van der Waals surface area contributed by atoms with Gasteiger partial charge in [-0.15, -0.1) is 0 Å². The molecule has 1 saturated heterocycles. The molecule has 2 aromatic rings. The van der Waals surface area contributed by atoms with Crippen molar-refractivity contribution < 1.29 is 23.5 Å². The van der Waals surface area contributed by atoms with Crippen LogP contribution in [0.15, 0.2) is 41.1 Å². The van der Waals surface area contributed by atoms with Gasteiger partial charge >= 0.3 is 6.09 Å². The molecule has 8 nitrogen and oxygen atoms in total. The first kappa shape index (κ1) is 15.5. The Balaban J connectivity index is 0.000000246. The van der Waals surface area contributed by atoms with Gasteiger partial charge in [0.1, 0.15) is 12.9 Å². The number of carbonyl (C=O) groups is 1. The number of hydrogen-bond acceptors (Lipinski definition) is 7. The summed E-state index contributed by atoms with van der Waals surface area (Å²) in [6, 6.07) is 8.93. The van der Waals surface area contributed by atoms with Crippen LogP contribution < -0.4 is 20.5 Å². The van der Waals surface area contributed by atoms with E-state index in [0.717, 1.165) is 0 Å². The van der Waals surface area contributed by atoms with Crippen molar-refractivity contribution in [1.82, 2.24) is 10.5 Å². The molecule has 1 aromatic carbocycles. The van der Waals surface area contributed by atoms with Gasteiger partial charge in [0, 0.05) is 6.07 Å². The fraction of sp³-hybridized carbons (Fsp3) is 0.286. The number of aromatic nitrogens is 1. The van der Waals surface area contributed by atoms with E-state index in [1.165, 1.54) is 6.26 Å². The Hall–Kier alpha value is -2.90. The van der Waals surface area contributed by atoms with Crippen molar-refractivity contribution in [2.24, 2.45) is 0 Å². The molecule has 1 aliphatic rings.